The molecular formula is C2H5FN2O4. The number of primary amides is 2. The summed E-state index contributed by atoms with van der Waals surface area (Å²) in [7, 11) is 0. The van der Waals surface area contributed by atoms with E-state index in [1.165, 1.54) is 0 Å². The number of carboxylic acid groups (broad SMARTS) is 1. The molecule has 0 aliphatic heterocycles. The van der Waals surface area contributed by atoms with Gasteiger partial charge in [-0.1, -0.05) is 0 Å². The van der Waals surface area contributed by atoms with E-state index in [1.807, 2.05) is 0 Å². The molecule has 0 aromatic carbocycles. The van der Waals surface area contributed by atoms with Crippen LogP contribution >= 0.6 is 0 Å². The molecule has 54 valence electrons. The Balaban J connectivity index is 0. The van der Waals surface area contributed by atoms with Gasteiger partial charge in [-0.2, -0.15) is 0 Å². The van der Waals surface area contributed by atoms with E-state index in [-0.39, 0.29) is 0 Å². The minimum Gasteiger partial charge on any atom is -0.465 e. The standard InChI is InChI=1S/CH2FNO2.CH3NO2/c2-5-1(3)4;2-1(3)4/h(H2,3,4);2H2,(H,3,4). The third-order valence-electron chi connectivity index (χ3n) is 0.0760. The molecule has 0 radical (unpaired) electrons. The van der Waals surface area contributed by atoms with Gasteiger partial charge in [0, 0.05) is 4.53 Å². The second kappa shape index (κ2) is 6.47. The van der Waals surface area contributed by atoms with Gasteiger partial charge in [0.2, 0.25) is 0 Å². The lowest BCUT2D eigenvalue weighted by molar-refractivity contribution is -0.0572. The van der Waals surface area contributed by atoms with E-state index in [2.05, 4.69) is 16.4 Å². The summed E-state index contributed by atoms with van der Waals surface area (Å²) in [6.45, 7) is 0. The summed E-state index contributed by atoms with van der Waals surface area (Å²) < 4.78 is 10.1. The second-order valence-corrected chi connectivity index (χ2v) is 0.734. The molecule has 0 rings (SSSR count). The zero-order chi connectivity index (χ0) is 7.86. The topological polar surface area (TPSA) is 116 Å². The average Bonchev–Trinajstić information content (AvgIpc) is 1.65. The van der Waals surface area contributed by atoms with Crippen molar-refractivity contribution in [2.45, 2.75) is 0 Å². The largest absolute Gasteiger partial charge is 0.465 e. The van der Waals surface area contributed by atoms with Crippen molar-refractivity contribution in [3.8, 4) is 0 Å². The van der Waals surface area contributed by atoms with Crippen molar-refractivity contribution in [2.24, 2.45) is 11.5 Å². The third kappa shape index (κ3) is 585. The fraction of sp³-hybridized carbons (Fsp3) is 0. The van der Waals surface area contributed by atoms with Crippen molar-refractivity contribution in [2.75, 3.05) is 0 Å². The van der Waals surface area contributed by atoms with E-state index in [9.17, 15) is 4.53 Å². The Morgan fingerprint density at radius 3 is 1.56 bits per heavy atom. The summed E-state index contributed by atoms with van der Waals surface area (Å²) in [6.07, 6.45) is -2.75. The highest BCUT2D eigenvalue weighted by molar-refractivity contribution is 5.63. The molecule has 0 fully saturated rings. The molecule has 6 nitrogen and oxygen atoms in total. The molecule has 0 aromatic rings. The lowest BCUT2D eigenvalue weighted by atomic mass is 11.3. The second-order valence-electron chi connectivity index (χ2n) is 0.734. The van der Waals surface area contributed by atoms with Crippen LogP contribution in [0, 0.1) is 0 Å². The summed E-state index contributed by atoms with van der Waals surface area (Å²) in [5.41, 5.74) is 8.08. The van der Waals surface area contributed by atoms with Crippen molar-refractivity contribution < 1.29 is 24.2 Å². The molecule has 5 N–H and O–H groups in total. The summed E-state index contributed by atoms with van der Waals surface area (Å²) in [5, 5.41) is 7.19. The van der Waals surface area contributed by atoms with E-state index in [4.69, 9.17) is 14.7 Å². The van der Waals surface area contributed by atoms with E-state index in [0.29, 0.717) is 0 Å². The van der Waals surface area contributed by atoms with E-state index < -0.39 is 12.2 Å². The molecule has 0 aromatic heterocycles. The zero-order valence-corrected chi connectivity index (χ0v) is 4.20. The third-order valence-corrected chi connectivity index (χ3v) is 0.0760. The number of hydrogen-bond donors (Lipinski definition) is 3. The molecule has 7 heteroatoms. The minimum atomic E-state index is -1.41. The maximum absolute atomic E-state index is 10.1. The van der Waals surface area contributed by atoms with Gasteiger partial charge in [0.25, 0.3) is 0 Å². The predicted octanol–water partition coefficient (Wildman–Crippen LogP) is -0.411. The molecule has 0 saturated carbocycles. The molecule has 0 spiro atoms. The van der Waals surface area contributed by atoms with Gasteiger partial charge < -0.3 is 16.6 Å². The summed E-state index contributed by atoms with van der Waals surface area (Å²) in [4.78, 5) is 20.2. The van der Waals surface area contributed by atoms with Crippen molar-refractivity contribution in [3.05, 3.63) is 0 Å². The maximum atomic E-state index is 10.1. The molecular weight excluding hydrogens is 135 g/mol. The molecule has 0 aliphatic rings. The van der Waals surface area contributed by atoms with Crippen LogP contribution in [0.3, 0.4) is 0 Å². The smallest absolute Gasteiger partial charge is 0.442 e. The highest BCUT2D eigenvalue weighted by Gasteiger charge is 1.82. The Morgan fingerprint density at radius 1 is 1.44 bits per heavy atom. The lowest BCUT2D eigenvalue weighted by Gasteiger charge is -1.72. The number of halogens is 1. The number of carbonyl (C=O) groups is 2. The van der Waals surface area contributed by atoms with Crippen LogP contribution in [0.2, 0.25) is 0 Å². The first-order valence-corrected chi connectivity index (χ1v) is 1.57. The fourth-order valence-electron chi connectivity index (χ4n) is 0. The van der Waals surface area contributed by atoms with Crippen molar-refractivity contribution in [1.82, 2.24) is 0 Å². The van der Waals surface area contributed by atoms with Crippen molar-refractivity contribution >= 4 is 12.2 Å². The first-order valence-electron chi connectivity index (χ1n) is 1.57. The summed E-state index contributed by atoms with van der Waals surface area (Å²) in [5.74, 6) is 0. The Kier molecular flexibility index (Phi) is 7.51. The molecule has 0 saturated heterocycles. The van der Waals surface area contributed by atoms with Gasteiger partial charge in [-0.15, -0.1) is 0 Å². The number of amides is 2. The van der Waals surface area contributed by atoms with Crippen LogP contribution in [0.15, 0.2) is 0 Å². The zero-order valence-electron chi connectivity index (χ0n) is 4.20. The summed E-state index contributed by atoms with van der Waals surface area (Å²) >= 11 is 0. The summed E-state index contributed by atoms with van der Waals surface area (Å²) in [6, 6.07) is 0. The lowest BCUT2D eigenvalue weighted by Crippen LogP contribution is -2.06. The maximum Gasteiger partial charge on any atom is 0.442 e. The van der Waals surface area contributed by atoms with Gasteiger partial charge in [-0.25, -0.2) is 14.5 Å². The van der Waals surface area contributed by atoms with Crippen LogP contribution < -0.4 is 11.5 Å². The van der Waals surface area contributed by atoms with Crippen LogP contribution in [0.5, 0.6) is 0 Å². The van der Waals surface area contributed by atoms with E-state index in [0.717, 1.165) is 0 Å². The number of carbonyl (C=O) groups excluding carboxylic acids is 1. The molecule has 9 heavy (non-hydrogen) atoms. The monoisotopic (exact) mass is 140 g/mol. The van der Waals surface area contributed by atoms with Crippen LogP contribution in [0.4, 0.5) is 14.1 Å². The van der Waals surface area contributed by atoms with E-state index in [1.54, 1.807) is 0 Å². The van der Waals surface area contributed by atoms with E-state index >= 15 is 0 Å². The molecule has 2 amide bonds. The Bertz CT molecular complexity index is 101. The number of hydrogen-bond acceptors (Lipinski definition) is 3. The Morgan fingerprint density at radius 2 is 1.56 bits per heavy atom. The van der Waals surface area contributed by atoms with Crippen LogP contribution in [-0.4, -0.2) is 17.3 Å². The number of rotatable bonds is 0. The highest BCUT2D eigenvalue weighted by Crippen LogP contribution is 1.65. The molecule has 0 heterocycles. The highest BCUT2D eigenvalue weighted by atomic mass is 19.3. The quantitative estimate of drug-likeness (QED) is 0.424. The predicted molar refractivity (Wildman–Crippen MR) is 24.0 cm³/mol. The molecule has 0 aliphatic carbocycles. The van der Waals surface area contributed by atoms with Gasteiger partial charge in [0.1, 0.15) is 0 Å². The van der Waals surface area contributed by atoms with Gasteiger partial charge in [0.15, 0.2) is 0 Å². The SMILES string of the molecule is NC(=O)O.NC(=O)OF. The van der Waals surface area contributed by atoms with Gasteiger partial charge in [-0.05, 0) is 0 Å². The normalized spacial score (nSPS) is 6.33. The number of nitrogens with two attached hydrogens (primary N) is 2. The van der Waals surface area contributed by atoms with Gasteiger partial charge in [-0.3, -0.25) is 0 Å². The Labute approximate surface area is 49.1 Å². The van der Waals surface area contributed by atoms with Crippen LogP contribution in [-0.2, 0) is 4.94 Å². The molecule has 0 bridgehead atoms. The van der Waals surface area contributed by atoms with Crippen molar-refractivity contribution in [3.63, 3.8) is 0 Å². The minimum absolute atomic E-state index is 1.33. The van der Waals surface area contributed by atoms with Gasteiger partial charge >= 0.3 is 12.2 Å². The Hall–Kier alpha value is -1.53. The molecule has 0 unspecified atom stereocenters. The molecule has 0 atom stereocenters. The van der Waals surface area contributed by atoms with Crippen molar-refractivity contribution in [1.29, 1.82) is 0 Å². The fourth-order valence-corrected chi connectivity index (χ4v) is 0. The van der Waals surface area contributed by atoms with Crippen LogP contribution in [0.25, 0.3) is 0 Å². The van der Waals surface area contributed by atoms with Gasteiger partial charge in [0.05, 0.1) is 0 Å². The first-order chi connectivity index (χ1) is 4.00. The average molecular weight is 140 g/mol. The van der Waals surface area contributed by atoms with Crippen LogP contribution in [0.1, 0.15) is 0 Å². The first kappa shape index (κ1) is 10.5.